The van der Waals surface area contributed by atoms with Gasteiger partial charge in [-0.1, -0.05) is 18.6 Å². The molecule has 0 aliphatic carbocycles. The number of piperidine rings is 1. The number of aromatic carboxylic acids is 1. The van der Waals surface area contributed by atoms with Gasteiger partial charge in [0.2, 0.25) is 10.0 Å². The highest BCUT2D eigenvalue weighted by atomic mass is 32.2. The third-order valence-electron chi connectivity index (χ3n) is 4.11. The highest BCUT2D eigenvalue weighted by Gasteiger charge is 2.25. The second kappa shape index (κ2) is 6.70. The maximum absolute atomic E-state index is 12.6. The maximum atomic E-state index is 12.6. The van der Waals surface area contributed by atoms with Gasteiger partial charge >= 0.3 is 5.97 Å². The second-order valence-corrected chi connectivity index (χ2v) is 7.66. The molecule has 1 aromatic carbocycles. The van der Waals surface area contributed by atoms with Crippen LogP contribution < -0.4 is 0 Å². The van der Waals surface area contributed by atoms with E-state index in [-0.39, 0.29) is 10.5 Å². The minimum Gasteiger partial charge on any atom is -0.478 e. The van der Waals surface area contributed by atoms with Crippen LogP contribution in [0.5, 0.6) is 0 Å². The molecule has 3 rings (SSSR count). The zero-order valence-electron chi connectivity index (χ0n) is 13.1. The van der Waals surface area contributed by atoms with Gasteiger partial charge < -0.3 is 5.11 Å². The summed E-state index contributed by atoms with van der Waals surface area (Å²) in [6.07, 6.45) is 4.28. The fourth-order valence-corrected chi connectivity index (χ4v) is 4.29. The molecule has 126 valence electrons. The summed E-state index contributed by atoms with van der Waals surface area (Å²) in [5.41, 5.74) is 1.32. The number of carboxylic acid groups (broad SMARTS) is 1. The molecule has 0 atom stereocenters. The van der Waals surface area contributed by atoms with E-state index in [4.69, 9.17) is 5.11 Å². The molecular weight excluding hydrogens is 328 g/mol. The Labute approximate surface area is 140 Å². The molecule has 0 unspecified atom stereocenters. The largest absolute Gasteiger partial charge is 0.478 e. The van der Waals surface area contributed by atoms with Crippen LogP contribution in [0.3, 0.4) is 0 Å². The summed E-state index contributed by atoms with van der Waals surface area (Å²) in [6, 6.07) is 9.30. The molecule has 24 heavy (non-hydrogen) atoms. The van der Waals surface area contributed by atoms with E-state index < -0.39 is 16.0 Å². The lowest BCUT2D eigenvalue weighted by atomic mass is 10.1. The first-order valence-corrected chi connectivity index (χ1v) is 9.22. The Morgan fingerprint density at radius 3 is 2.33 bits per heavy atom. The Hall–Kier alpha value is -2.25. The predicted octanol–water partition coefficient (Wildman–Crippen LogP) is 2.62. The summed E-state index contributed by atoms with van der Waals surface area (Å²) >= 11 is 0. The zero-order chi connectivity index (χ0) is 17.2. The quantitative estimate of drug-likeness (QED) is 0.919. The number of carbonyl (C=O) groups is 1. The van der Waals surface area contributed by atoms with Crippen LogP contribution in [0.2, 0.25) is 0 Å². The molecule has 2 aromatic rings. The summed E-state index contributed by atoms with van der Waals surface area (Å²) < 4.78 is 26.7. The van der Waals surface area contributed by atoms with Crippen molar-refractivity contribution in [2.75, 3.05) is 13.1 Å². The molecule has 2 heterocycles. The van der Waals surface area contributed by atoms with Crippen LogP contribution in [0.4, 0.5) is 0 Å². The maximum Gasteiger partial charge on any atom is 0.335 e. The first kappa shape index (κ1) is 16.6. The van der Waals surface area contributed by atoms with Gasteiger partial charge in [-0.05, 0) is 37.1 Å². The molecule has 1 fully saturated rings. The number of hydrogen-bond acceptors (Lipinski definition) is 4. The monoisotopic (exact) mass is 346 g/mol. The third kappa shape index (κ3) is 3.32. The van der Waals surface area contributed by atoms with Crippen LogP contribution in [-0.2, 0) is 10.0 Å². The van der Waals surface area contributed by atoms with Crippen molar-refractivity contribution in [1.82, 2.24) is 9.29 Å². The van der Waals surface area contributed by atoms with Crippen LogP contribution in [0, 0.1) is 0 Å². The van der Waals surface area contributed by atoms with Gasteiger partial charge in [0.15, 0.2) is 0 Å². The normalized spacial score (nSPS) is 16.0. The predicted molar refractivity (Wildman–Crippen MR) is 89.2 cm³/mol. The Balaban J connectivity index is 1.88. The minimum absolute atomic E-state index is 0.144. The lowest BCUT2D eigenvalue weighted by molar-refractivity contribution is 0.0697. The van der Waals surface area contributed by atoms with Gasteiger partial charge in [0.25, 0.3) is 0 Å². The Morgan fingerprint density at radius 2 is 1.71 bits per heavy atom. The van der Waals surface area contributed by atoms with E-state index in [0.29, 0.717) is 24.3 Å². The highest BCUT2D eigenvalue weighted by molar-refractivity contribution is 7.89. The second-order valence-electron chi connectivity index (χ2n) is 5.72. The number of sulfonamides is 1. The molecular formula is C17H18N2O4S. The van der Waals surface area contributed by atoms with E-state index in [2.05, 4.69) is 4.98 Å². The summed E-state index contributed by atoms with van der Waals surface area (Å²) in [4.78, 5) is 15.4. The highest BCUT2D eigenvalue weighted by Crippen LogP contribution is 2.24. The Kier molecular flexibility index (Phi) is 4.64. The molecule has 0 amide bonds. The number of rotatable bonds is 4. The van der Waals surface area contributed by atoms with Crippen LogP contribution in [0.1, 0.15) is 29.6 Å². The first-order chi connectivity index (χ1) is 11.5. The van der Waals surface area contributed by atoms with Crippen molar-refractivity contribution in [3.63, 3.8) is 0 Å². The number of nitrogens with zero attached hydrogens (tertiary/aromatic N) is 2. The molecule has 0 bridgehead atoms. The van der Waals surface area contributed by atoms with E-state index in [0.717, 1.165) is 19.3 Å². The van der Waals surface area contributed by atoms with E-state index >= 15 is 0 Å². The van der Waals surface area contributed by atoms with Gasteiger partial charge in [0, 0.05) is 24.8 Å². The van der Waals surface area contributed by atoms with Crippen molar-refractivity contribution in [3.05, 3.63) is 48.2 Å². The van der Waals surface area contributed by atoms with Crippen LogP contribution in [0.25, 0.3) is 11.3 Å². The lowest BCUT2D eigenvalue weighted by Gasteiger charge is -2.25. The number of hydrogen-bond donors (Lipinski definition) is 1. The summed E-state index contributed by atoms with van der Waals surface area (Å²) in [5, 5.41) is 9.04. The Morgan fingerprint density at radius 1 is 1.04 bits per heavy atom. The molecule has 6 nitrogen and oxygen atoms in total. The number of benzene rings is 1. The molecule has 1 aliphatic heterocycles. The van der Waals surface area contributed by atoms with Crippen molar-refractivity contribution in [1.29, 1.82) is 0 Å². The summed E-state index contributed by atoms with van der Waals surface area (Å²) in [5.74, 6) is -1.03. The molecule has 0 spiro atoms. The number of carboxylic acids is 1. The number of aromatic nitrogens is 1. The van der Waals surface area contributed by atoms with Gasteiger partial charge in [-0.15, -0.1) is 0 Å². The molecule has 1 aliphatic rings. The van der Waals surface area contributed by atoms with E-state index in [1.807, 2.05) is 0 Å². The van der Waals surface area contributed by atoms with Crippen molar-refractivity contribution >= 4 is 16.0 Å². The standard InChI is InChI=1S/C17H18N2O4S/c20-17(21)14-8-9-18-16(12-14)13-4-6-15(7-5-13)24(22,23)19-10-2-1-3-11-19/h4-9,12H,1-3,10-11H2,(H,20,21). The summed E-state index contributed by atoms with van der Waals surface area (Å²) in [6.45, 7) is 1.12. The minimum atomic E-state index is -3.46. The average molecular weight is 346 g/mol. The first-order valence-electron chi connectivity index (χ1n) is 7.78. The van der Waals surface area contributed by atoms with E-state index in [9.17, 15) is 13.2 Å². The van der Waals surface area contributed by atoms with Crippen molar-refractivity contribution < 1.29 is 18.3 Å². The molecule has 0 saturated carbocycles. The Bertz CT molecular complexity index is 841. The fraction of sp³-hybridized carbons (Fsp3) is 0.294. The molecule has 1 saturated heterocycles. The van der Waals surface area contributed by atoms with E-state index in [1.54, 1.807) is 24.3 Å². The molecule has 1 N–H and O–H groups in total. The smallest absolute Gasteiger partial charge is 0.335 e. The lowest BCUT2D eigenvalue weighted by Crippen LogP contribution is -2.35. The fourth-order valence-electron chi connectivity index (χ4n) is 2.77. The van der Waals surface area contributed by atoms with Crippen LogP contribution in [-0.4, -0.2) is 41.9 Å². The van der Waals surface area contributed by atoms with Gasteiger partial charge in [-0.3, -0.25) is 4.98 Å². The molecule has 1 aromatic heterocycles. The molecule has 0 radical (unpaired) electrons. The number of pyridine rings is 1. The van der Waals surface area contributed by atoms with Gasteiger partial charge in [0.1, 0.15) is 0 Å². The molecule has 7 heteroatoms. The topological polar surface area (TPSA) is 87.6 Å². The zero-order valence-corrected chi connectivity index (χ0v) is 13.9. The summed E-state index contributed by atoms with van der Waals surface area (Å²) in [7, 11) is -3.46. The van der Waals surface area contributed by atoms with Gasteiger partial charge in [-0.25, -0.2) is 13.2 Å². The van der Waals surface area contributed by atoms with Crippen molar-refractivity contribution in [3.8, 4) is 11.3 Å². The van der Waals surface area contributed by atoms with Crippen LogP contribution in [0.15, 0.2) is 47.5 Å². The van der Waals surface area contributed by atoms with E-state index in [1.165, 1.54) is 22.6 Å². The third-order valence-corrected chi connectivity index (χ3v) is 6.02. The SMILES string of the molecule is O=C(O)c1ccnc(-c2ccc(S(=O)(=O)N3CCCCC3)cc2)c1. The average Bonchev–Trinajstić information content (AvgIpc) is 2.62. The van der Waals surface area contributed by atoms with Gasteiger partial charge in [0.05, 0.1) is 16.2 Å². The van der Waals surface area contributed by atoms with Gasteiger partial charge in [-0.2, -0.15) is 4.31 Å². The van der Waals surface area contributed by atoms with Crippen LogP contribution >= 0.6 is 0 Å². The van der Waals surface area contributed by atoms with Crippen molar-refractivity contribution in [2.24, 2.45) is 0 Å². The van der Waals surface area contributed by atoms with Crippen molar-refractivity contribution in [2.45, 2.75) is 24.2 Å².